The molecular formula is C26H28FN5O2. The van der Waals surface area contributed by atoms with Gasteiger partial charge in [-0.25, -0.2) is 4.39 Å². The molecule has 7 nitrogen and oxygen atoms in total. The molecule has 1 saturated heterocycles. The highest BCUT2D eigenvalue weighted by Crippen LogP contribution is 2.40. The van der Waals surface area contributed by atoms with Gasteiger partial charge in [0.2, 0.25) is 0 Å². The van der Waals surface area contributed by atoms with Crippen molar-refractivity contribution in [3.8, 4) is 11.8 Å². The van der Waals surface area contributed by atoms with Gasteiger partial charge in [-0.3, -0.25) is 4.79 Å². The Labute approximate surface area is 196 Å². The van der Waals surface area contributed by atoms with Crippen LogP contribution in [0.5, 0.6) is 5.75 Å². The van der Waals surface area contributed by atoms with E-state index < -0.39 is 5.82 Å². The Morgan fingerprint density at radius 3 is 2.65 bits per heavy atom. The first-order chi connectivity index (χ1) is 16.2. The molecule has 0 aliphatic carbocycles. The van der Waals surface area contributed by atoms with Crippen molar-refractivity contribution in [2.45, 2.75) is 39.3 Å². The molecule has 34 heavy (non-hydrogen) atoms. The number of fused-ring (bicyclic) bond motifs is 4. The molecule has 8 heteroatoms. The number of hydrogen-bond acceptors (Lipinski definition) is 5. The van der Waals surface area contributed by atoms with Gasteiger partial charge in [0.25, 0.3) is 0 Å². The van der Waals surface area contributed by atoms with Crippen LogP contribution in [-0.2, 0) is 0 Å². The van der Waals surface area contributed by atoms with Crippen LogP contribution in [0.4, 0.5) is 10.1 Å². The summed E-state index contributed by atoms with van der Waals surface area (Å²) < 4.78 is 24.0. The van der Waals surface area contributed by atoms with Crippen molar-refractivity contribution in [2.75, 3.05) is 31.6 Å². The maximum Gasteiger partial charge on any atom is 0.199 e. The Morgan fingerprint density at radius 1 is 1.24 bits per heavy atom. The predicted octanol–water partition coefficient (Wildman–Crippen LogP) is 4.42. The fourth-order valence-electron chi connectivity index (χ4n) is 5.22. The fourth-order valence-corrected chi connectivity index (χ4v) is 5.22. The lowest BCUT2D eigenvalue weighted by molar-refractivity contribution is 0.346. The number of pyridine rings is 1. The van der Waals surface area contributed by atoms with Crippen LogP contribution in [0.25, 0.3) is 32.8 Å². The molecule has 176 valence electrons. The van der Waals surface area contributed by atoms with Crippen LogP contribution < -0.4 is 20.4 Å². The summed E-state index contributed by atoms with van der Waals surface area (Å²) in [4.78, 5) is 19.0. The van der Waals surface area contributed by atoms with Crippen LogP contribution in [0, 0.1) is 17.1 Å². The smallest absolute Gasteiger partial charge is 0.199 e. The normalized spacial score (nSPS) is 16.0. The van der Waals surface area contributed by atoms with Crippen molar-refractivity contribution in [3.05, 3.63) is 45.9 Å². The van der Waals surface area contributed by atoms with Gasteiger partial charge in [-0.2, -0.15) is 5.26 Å². The Morgan fingerprint density at radius 2 is 2.00 bits per heavy atom. The van der Waals surface area contributed by atoms with Gasteiger partial charge in [-0.05, 0) is 45.9 Å². The molecule has 2 aromatic carbocycles. The number of methoxy groups -OCH3 is 1. The summed E-state index contributed by atoms with van der Waals surface area (Å²) >= 11 is 0. The van der Waals surface area contributed by atoms with Gasteiger partial charge in [-0.15, -0.1) is 0 Å². The zero-order valence-corrected chi connectivity index (χ0v) is 20.0. The van der Waals surface area contributed by atoms with Crippen LogP contribution >= 0.6 is 0 Å². The number of aromatic nitrogens is 2. The predicted molar refractivity (Wildman–Crippen MR) is 133 cm³/mol. The minimum atomic E-state index is -0.462. The van der Waals surface area contributed by atoms with E-state index in [1.807, 2.05) is 23.3 Å². The minimum Gasteiger partial charge on any atom is -0.494 e. The van der Waals surface area contributed by atoms with Gasteiger partial charge in [0, 0.05) is 42.1 Å². The second-order valence-electron chi connectivity index (χ2n) is 9.88. The van der Waals surface area contributed by atoms with E-state index in [0.717, 1.165) is 0 Å². The number of hydrogen-bond donors (Lipinski definition) is 2. The molecule has 0 radical (unpaired) electrons. The molecule has 0 atom stereocenters. The van der Waals surface area contributed by atoms with Gasteiger partial charge in [0.15, 0.2) is 11.2 Å². The first kappa shape index (κ1) is 22.2. The van der Waals surface area contributed by atoms with Crippen molar-refractivity contribution in [2.24, 2.45) is 0 Å². The largest absolute Gasteiger partial charge is 0.494 e. The molecular weight excluding hydrogens is 433 g/mol. The van der Waals surface area contributed by atoms with Crippen molar-refractivity contribution in [3.63, 3.8) is 0 Å². The number of halogens is 1. The number of ether oxygens (including phenoxy) is 1. The average Bonchev–Trinajstić information content (AvgIpc) is 3.16. The summed E-state index contributed by atoms with van der Waals surface area (Å²) in [5, 5.41) is 14.2. The van der Waals surface area contributed by atoms with E-state index >= 15 is 4.39 Å². The third-order valence-electron chi connectivity index (χ3n) is 6.67. The van der Waals surface area contributed by atoms with Crippen LogP contribution in [-0.4, -0.2) is 41.8 Å². The molecule has 1 aliphatic rings. The summed E-state index contributed by atoms with van der Waals surface area (Å²) in [6.45, 7) is 10.0. The third-order valence-corrected chi connectivity index (χ3v) is 6.67. The Kier molecular flexibility index (Phi) is 5.06. The first-order valence-electron chi connectivity index (χ1n) is 11.5. The van der Waals surface area contributed by atoms with Crippen molar-refractivity contribution in [1.82, 2.24) is 14.9 Å². The van der Waals surface area contributed by atoms with Crippen LogP contribution in [0.15, 0.2) is 29.1 Å². The summed E-state index contributed by atoms with van der Waals surface area (Å²) in [6.07, 6.45) is 0. The second-order valence-corrected chi connectivity index (χ2v) is 9.88. The molecule has 4 aromatic rings. The van der Waals surface area contributed by atoms with Gasteiger partial charge >= 0.3 is 0 Å². The Hall–Kier alpha value is -3.57. The highest BCUT2D eigenvalue weighted by Gasteiger charge is 2.32. The number of aromatic amines is 1. The first-order valence-corrected chi connectivity index (χ1v) is 11.5. The van der Waals surface area contributed by atoms with Crippen molar-refractivity contribution >= 4 is 38.5 Å². The van der Waals surface area contributed by atoms with Gasteiger partial charge in [0.05, 0.1) is 35.0 Å². The summed E-state index contributed by atoms with van der Waals surface area (Å²) in [7, 11) is 1.51. The summed E-state index contributed by atoms with van der Waals surface area (Å²) in [5.74, 6) is -0.114. The van der Waals surface area contributed by atoms with Crippen LogP contribution in [0.3, 0.4) is 0 Å². The number of nitrogens with one attached hydrogen (secondary N) is 2. The number of rotatable bonds is 3. The van der Waals surface area contributed by atoms with E-state index in [-0.39, 0.29) is 27.9 Å². The summed E-state index contributed by atoms with van der Waals surface area (Å²) in [6, 6.07) is 8.85. The number of H-pyrrole nitrogens is 1. The van der Waals surface area contributed by atoms with Gasteiger partial charge in [0.1, 0.15) is 17.1 Å². The lowest BCUT2D eigenvalue weighted by Crippen LogP contribution is -2.57. The molecule has 5 rings (SSSR count). The molecule has 0 bridgehead atoms. The Bertz CT molecular complexity index is 1560. The maximum atomic E-state index is 16.5. The second kappa shape index (κ2) is 7.74. The number of piperazine rings is 1. The SMILES string of the molecule is COc1cc2c(=O)c3c4ccc(C#N)cc4[nH]c3n(C(C)C)c2c(F)c1N1CCNC(C)(C)C1. The van der Waals surface area contributed by atoms with Gasteiger partial charge < -0.3 is 24.5 Å². The van der Waals surface area contributed by atoms with Crippen LogP contribution in [0.2, 0.25) is 0 Å². The Balaban J connectivity index is 1.92. The monoisotopic (exact) mass is 461 g/mol. The molecule has 0 spiro atoms. The number of nitrogens with zero attached hydrogens (tertiary/aromatic N) is 3. The number of nitriles is 1. The van der Waals surface area contributed by atoms with E-state index in [4.69, 9.17) is 4.74 Å². The van der Waals surface area contributed by atoms with E-state index in [1.54, 1.807) is 24.3 Å². The van der Waals surface area contributed by atoms with Gasteiger partial charge in [-0.1, -0.05) is 6.07 Å². The van der Waals surface area contributed by atoms with E-state index in [9.17, 15) is 10.1 Å². The number of benzene rings is 2. The molecule has 0 saturated carbocycles. The molecule has 0 unspecified atom stereocenters. The highest BCUT2D eigenvalue weighted by molar-refractivity contribution is 6.10. The molecule has 0 amide bonds. The zero-order chi connectivity index (χ0) is 24.4. The van der Waals surface area contributed by atoms with Crippen LogP contribution in [0.1, 0.15) is 39.3 Å². The molecule has 2 N–H and O–H groups in total. The van der Waals surface area contributed by atoms with Crippen molar-refractivity contribution in [1.29, 1.82) is 5.26 Å². The van der Waals surface area contributed by atoms with Crippen molar-refractivity contribution < 1.29 is 9.13 Å². The maximum absolute atomic E-state index is 16.5. The minimum absolute atomic E-state index is 0.135. The zero-order valence-electron chi connectivity index (χ0n) is 20.0. The fraction of sp³-hybridized carbons (Fsp3) is 0.385. The average molecular weight is 462 g/mol. The third kappa shape index (κ3) is 3.23. The summed E-state index contributed by atoms with van der Waals surface area (Å²) in [5.41, 5.74) is 1.89. The van der Waals surface area contributed by atoms with E-state index in [1.165, 1.54) is 7.11 Å². The lowest BCUT2D eigenvalue weighted by Gasteiger charge is -2.41. The van der Waals surface area contributed by atoms with E-state index in [0.29, 0.717) is 58.6 Å². The standard InChI is InChI=1S/C26H28FN5O2/c1-14(2)32-22-17(24(33)20-16-7-6-15(12-28)10-18(16)30-25(20)32)11-19(34-5)23(21(22)27)31-9-8-29-26(3,4)13-31/h6-7,10-11,14,29-30H,8-9,13H2,1-5H3. The molecule has 3 heterocycles. The molecule has 1 aliphatic heterocycles. The topological polar surface area (TPSA) is 86.1 Å². The quantitative estimate of drug-likeness (QED) is 0.472. The molecule has 1 fully saturated rings. The number of anilines is 1. The van der Waals surface area contributed by atoms with E-state index in [2.05, 4.69) is 30.2 Å². The lowest BCUT2D eigenvalue weighted by atomic mass is 10.0. The highest BCUT2D eigenvalue weighted by atomic mass is 19.1. The molecule has 2 aromatic heterocycles.